The van der Waals surface area contributed by atoms with Gasteiger partial charge in [0.2, 0.25) is 5.91 Å². The Hall–Kier alpha value is -3.02. The van der Waals surface area contributed by atoms with Crippen LogP contribution in [0.15, 0.2) is 71.2 Å². The molecular formula is C36H44BrN3O5Si. The Morgan fingerprint density at radius 2 is 1.89 bits per heavy atom. The van der Waals surface area contributed by atoms with E-state index in [4.69, 9.17) is 9.47 Å². The second kappa shape index (κ2) is 13.2. The van der Waals surface area contributed by atoms with Gasteiger partial charge in [0.1, 0.15) is 5.75 Å². The maximum atomic E-state index is 14.8. The van der Waals surface area contributed by atoms with E-state index in [-0.39, 0.29) is 41.9 Å². The third kappa shape index (κ3) is 5.83. The van der Waals surface area contributed by atoms with Crippen LogP contribution in [0.2, 0.25) is 18.6 Å². The smallest absolute Gasteiger partial charge is 0.264 e. The van der Waals surface area contributed by atoms with Crippen LogP contribution in [0.4, 0.5) is 11.4 Å². The first-order valence-electron chi connectivity index (χ1n) is 16.3. The van der Waals surface area contributed by atoms with Gasteiger partial charge >= 0.3 is 0 Å². The Morgan fingerprint density at radius 3 is 2.54 bits per heavy atom. The zero-order chi connectivity index (χ0) is 32.6. The summed E-state index contributed by atoms with van der Waals surface area (Å²) in [6, 6.07) is 22.0. The zero-order valence-corrected chi connectivity index (χ0v) is 29.6. The molecule has 3 heterocycles. The number of anilines is 2. The Bertz CT molecular complexity index is 1580. The molecule has 0 aromatic heterocycles. The van der Waals surface area contributed by atoms with Crippen molar-refractivity contribution in [1.29, 1.82) is 0 Å². The summed E-state index contributed by atoms with van der Waals surface area (Å²) >= 11 is 3.66. The van der Waals surface area contributed by atoms with Gasteiger partial charge in [-0.25, -0.2) is 0 Å². The van der Waals surface area contributed by atoms with E-state index in [1.54, 1.807) is 7.11 Å². The quantitative estimate of drug-likeness (QED) is 0.253. The van der Waals surface area contributed by atoms with E-state index in [1.165, 1.54) is 5.19 Å². The van der Waals surface area contributed by atoms with Crippen molar-refractivity contribution in [2.75, 3.05) is 37.0 Å². The van der Waals surface area contributed by atoms with Crippen LogP contribution in [0.5, 0.6) is 5.75 Å². The third-order valence-corrected chi connectivity index (χ3v) is 15.3. The molecule has 5 atom stereocenters. The molecule has 6 rings (SSSR count). The summed E-state index contributed by atoms with van der Waals surface area (Å²) in [7, 11) is -0.577. The standard InChI is InChI=1S/C36H44BrN3O5Si/c1-23-33(46(3,4)29-14-12-28(44-2)13-15-29)32(17-19-41)45-36(23)30-20-26(37)9-16-31(30)40(35(36)43)22-24-7-10-27(11-8-24)39-34(42)25-6-5-18-38-21-25/h7-16,20,23,25,32-33,38,41H,5-6,17-19,21-22H2,1-4H3,(H,39,42)/t23-,25?,32+,33-,36+/m0/s1. The van der Waals surface area contributed by atoms with Crippen molar-refractivity contribution in [3.63, 3.8) is 0 Å². The largest absolute Gasteiger partial charge is 0.497 e. The van der Waals surface area contributed by atoms with E-state index in [9.17, 15) is 14.7 Å². The number of halogens is 1. The van der Waals surface area contributed by atoms with Gasteiger partial charge in [-0.3, -0.25) is 9.59 Å². The SMILES string of the molecule is COc1ccc([Si](C)(C)[C@@H]2[C@@H](CCO)O[C@]3(C(=O)N(Cc4ccc(NC(=O)C5CCCNC5)cc4)c4ccc(Br)cc43)[C@H]2C)cc1. The van der Waals surface area contributed by atoms with E-state index in [1.807, 2.05) is 59.5 Å². The van der Waals surface area contributed by atoms with Gasteiger partial charge in [0.25, 0.3) is 5.91 Å². The van der Waals surface area contributed by atoms with Gasteiger partial charge in [0.15, 0.2) is 5.60 Å². The molecule has 3 aromatic rings. The fraction of sp³-hybridized carbons (Fsp3) is 0.444. The van der Waals surface area contributed by atoms with Crippen molar-refractivity contribution in [3.05, 3.63) is 82.3 Å². The highest BCUT2D eigenvalue weighted by atomic mass is 79.9. The fourth-order valence-corrected chi connectivity index (χ4v) is 12.5. The van der Waals surface area contributed by atoms with Crippen molar-refractivity contribution in [3.8, 4) is 5.75 Å². The molecule has 3 aliphatic heterocycles. The van der Waals surface area contributed by atoms with Crippen LogP contribution >= 0.6 is 15.9 Å². The molecule has 1 unspecified atom stereocenters. The number of nitrogens with zero attached hydrogens (tertiary/aromatic N) is 1. The average Bonchev–Trinajstić information content (AvgIpc) is 3.48. The highest BCUT2D eigenvalue weighted by molar-refractivity contribution is 9.10. The molecule has 0 bridgehead atoms. The number of hydrogen-bond donors (Lipinski definition) is 3. The van der Waals surface area contributed by atoms with Crippen molar-refractivity contribution in [2.24, 2.45) is 11.8 Å². The lowest BCUT2D eigenvalue weighted by Gasteiger charge is -2.37. The molecule has 0 saturated carbocycles. The van der Waals surface area contributed by atoms with E-state index < -0.39 is 13.7 Å². The van der Waals surface area contributed by atoms with Gasteiger partial charge in [-0.15, -0.1) is 0 Å². The molecule has 8 nitrogen and oxygen atoms in total. The molecule has 3 N–H and O–H groups in total. The van der Waals surface area contributed by atoms with Crippen molar-refractivity contribution >= 4 is 52.4 Å². The predicted molar refractivity (Wildman–Crippen MR) is 187 cm³/mol. The van der Waals surface area contributed by atoms with Crippen LogP contribution in [-0.4, -0.2) is 57.9 Å². The number of methoxy groups -OCH3 is 1. The molecule has 0 radical (unpaired) electrons. The number of piperidine rings is 1. The maximum Gasteiger partial charge on any atom is 0.264 e. The first kappa shape index (κ1) is 32.9. The summed E-state index contributed by atoms with van der Waals surface area (Å²) in [4.78, 5) is 29.4. The van der Waals surface area contributed by atoms with E-state index in [2.05, 4.69) is 58.7 Å². The number of aliphatic hydroxyl groups is 1. The number of carbonyl (C=O) groups is 2. The topological polar surface area (TPSA) is 100 Å². The predicted octanol–water partition coefficient (Wildman–Crippen LogP) is 5.54. The summed E-state index contributed by atoms with van der Waals surface area (Å²) in [5, 5.41) is 17.8. The van der Waals surface area contributed by atoms with Crippen LogP contribution in [0.1, 0.15) is 37.3 Å². The number of carbonyl (C=O) groups excluding carboxylic acids is 2. The van der Waals surface area contributed by atoms with Gasteiger partial charge in [0.05, 0.1) is 39.4 Å². The van der Waals surface area contributed by atoms with Crippen molar-refractivity contribution in [1.82, 2.24) is 5.32 Å². The lowest BCUT2D eigenvalue weighted by molar-refractivity contribution is -0.146. The van der Waals surface area contributed by atoms with Crippen LogP contribution in [0.3, 0.4) is 0 Å². The molecule has 2 saturated heterocycles. The number of aliphatic hydroxyl groups excluding tert-OH is 1. The van der Waals surface area contributed by atoms with E-state index in [0.29, 0.717) is 19.5 Å². The van der Waals surface area contributed by atoms with Gasteiger partial charge < -0.3 is 30.1 Å². The Labute approximate surface area is 281 Å². The maximum absolute atomic E-state index is 14.8. The van der Waals surface area contributed by atoms with Crippen molar-refractivity contribution < 1.29 is 24.2 Å². The van der Waals surface area contributed by atoms with Crippen LogP contribution in [-0.2, 0) is 26.5 Å². The zero-order valence-electron chi connectivity index (χ0n) is 27.0. The van der Waals surface area contributed by atoms with Gasteiger partial charge in [-0.2, -0.15) is 0 Å². The summed E-state index contributed by atoms with van der Waals surface area (Å²) < 4.78 is 13.3. The summed E-state index contributed by atoms with van der Waals surface area (Å²) in [6.45, 7) is 8.87. The van der Waals surface area contributed by atoms with Gasteiger partial charge in [-0.1, -0.05) is 65.4 Å². The number of ether oxygens (including phenoxy) is 2. The number of amides is 2. The number of fused-ring (bicyclic) bond motifs is 2. The van der Waals surface area contributed by atoms with Gasteiger partial charge in [0, 0.05) is 34.8 Å². The number of rotatable bonds is 9. The summed E-state index contributed by atoms with van der Waals surface area (Å²) in [5.41, 5.74) is 2.33. The Kier molecular flexibility index (Phi) is 9.47. The highest BCUT2D eigenvalue weighted by Crippen LogP contribution is 2.60. The normalized spacial score (nSPS) is 26.0. The monoisotopic (exact) mass is 705 g/mol. The first-order valence-corrected chi connectivity index (χ1v) is 20.1. The van der Waals surface area contributed by atoms with Gasteiger partial charge in [-0.05, 0) is 79.4 Å². The number of nitrogens with one attached hydrogen (secondary N) is 2. The van der Waals surface area contributed by atoms with Crippen LogP contribution in [0.25, 0.3) is 0 Å². The minimum atomic E-state index is -2.24. The highest BCUT2D eigenvalue weighted by Gasteiger charge is 2.66. The Balaban J connectivity index is 1.30. The second-order valence-electron chi connectivity index (χ2n) is 13.5. The lowest BCUT2D eigenvalue weighted by atomic mass is 9.82. The first-order chi connectivity index (χ1) is 22.1. The van der Waals surface area contributed by atoms with E-state index >= 15 is 0 Å². The molecular weight excluding hydrogens is 662 g/mol. The molecule has 1 spiro atoms. The number of benzene rings is 3. The molecule has 3 aliphatic rings. The molecule has 0 aliphatic carbocycles. The molecule has 46 heavy (non-hydrogen) atoms. The minimum absolute atomic E-state index is 0.0134. The molecule has 3 aromatic carbocycles. The summed E-state index contributed by atoms with van der Waals surface area (Å²) in [6.07, 6.45) is 2.09. The molecule has 10 heteroatoms. The molecule has 2 fully saturated rings. The molecule has 2 amide bonds. The second-order valence-corrected chi connectivity index (χ2v) is 19.1. The fourth-order valence-electron chi connectivity index (χ4n) is 8.04. The lowest BCUT2D eigenvalue weighted by Crippen LogP contribution is -2.51. The number of hydrogen-bond acceptors (Lipinski definition) is 6. The van der Waals surface area contributed by atoms with Crippen molar-refractivity contribution in [2.45, 2.75) is 63.1 Å². The van der Waals surface area contributed by atoms with Crippen LogP contribution < -0.4 is 25.5 Å². The Morgan fingerprint density at radius 1 is 1.15 bits per heavy atom. The average molecular weight is 707 g/mol. The third-order valence-electron chi connectivity index (χ3n) is 10.4. The van der Waals surface area contributed by atoms with E-state index in [0.717, 1.165) is 52.1 Å². The summed E-state index contributed by atoms with van der Waals surface area (Å²) in [5.74, 6) is 0.624. The van der Waals surface area contributed by atoms with Crippen LogP contribution in [0, 0.1) is 11.8 Å². The minimum Gasteiger partial charge on any atom is -0.497 e. The molecule has 244 valence electrons.